The minimum absolute atomic E-state index is 0.0235. The molecule has 2 atom stereocenters. The van der Waals surface area contributed by atoms with Crippen LogP contribution in [0, 0.1) is 5.92 Å². The first-order valence-electron chi connectivity index (χ1n) is 4.96. The largest absolute Gasteiger partial charge is 0.386 e. The Morgan fingerprint density at radius 2 is 2.38 bits per heavy atom. The normalized spacial score (nSPS) is 25.8. The molecule has 1 aromatic rings. The van der Waals surface area contributed by atoms with Crippen molar-refractivity contribution < 1.29 is 13.5 Å². The Morgan fingerprint density at radius 1 is 1.69 bits per heavy atom. The molecule has 0 amide bonds. The van der Waals surface area contributed by atoms with Crippen molar-refractivity contribution in [1.82, 2.24) is 9.78 Å². The van der Waals surface area contributed by atoms with E-state index in [0.29, 0.717) is 17.1 Å². The molecule has 0 aliphatic carbocycles. The van der Waals surface area contributed by atoms with Crippen molar-refractivity contribution in [1.29, 1.82) is 0 Å². The summed E-state index contributed by atoms with van der Waals surface area (Å²) in [6.07, 6.45) is 1.06. The van der Waals surface area contributed by atoms with E-state index in [-0.39, 0.29) is 17.4 Å². The second-order valence-electron chi connectivity index (χ2n) is 4.11. The lowest BCUT2D eigenvalue weighted by Gasteiger charge is -2.17. The highest BCUT2D eigenvalue weighted by Gasteiger charge is 2.35. The van der Waals surface area contributed by atoms with Crippen LogP contribution < -0.4 is 0 Å². The summed E-state index contributed by atoms with van der Waals surface area (Å²) in [5, 5.41) is 14.4. The van der Waals surface area contributed by atoms with Crippen molar-refractivity contribution in [3.8, 4) is 0 Å². The molecule has 1 saturated heterocycles. The van der Waals surface area contributed by atoms with Crippen LogP contribution in [0.25, 0.3) is 0 Å². The topological polar surface area (TPSA) is 72.2 Å². The number of nitrogens with zero attached hydrogens (tertiary/aromatic N) is 2. The third-order valence-corrected chi connectivity index (χ3v) is 5.02. The number of hydrogen-bond acceptors (Lipinski definition) is 4. The number of sulfone groups is 1. The Hall–Kier alpha value is -0.590. The van der Waals surface area contributed by atoms with Gasteiger partial charge in [0.2, 0.25) is 0 Å². The molecule has 0 spiro atoms. The van der Waals surface area contributed by atoms with Gasteiger partial charge in [-0.05, 0) is 6.42 Å². The van der Waals surface area contributed by atoms with Gasteiger partial charge in [0.1, 0.15) is 6.10 Å². The molecule has 0 bridgehead atoms. The highest BCUT2D eigenvalue weighted by molar-refractivity contribution is 7.91. The van der Waals surface area contributed by atoms with Gasteiger partial charge in [0, 0.05) is 13.0 Å². The van der Waals surface area contributed by atoms with Gasteiger partial charge in [-0.25, -0.2) is 8.42 Å². The van der Waals surface area contributed by atoms with E-state index in [0.717, 1.165) is 0 Å². The summed E-state index contributed by atoms with van der Waals surface area (Å²) in [7, 11) is -1.32. The molecule has 7 heteroatoms. The van der Waals surface area contributed by atoms with E-state index in [9.17, 15) is 13.5 Å². The molecule has 1 aliphatic rings. The van der Waals surface area contributed by atoms with Crippen molar-refractivity contribution in [2.75, 3.05) is 11.5 Å². The first kappa shape index (κ1) is 11.9. The van der Waals surface area contributed by atoms with Gasteiger partial charge in [0.25, 0.3) is 0 Å². The Kier molecular flexibility index (Phi) is 2.98. The second kappa shape index (κ2) is 4.01. The average Bonchev–Trinajstić information content (AvgIpc) is 2.70. The van der Waals surface area contributed by atoms with E-state index in [1.807, 2.05) is 0 Å². The molecule has 1 fully saturated rings. The van der Waals surface area contributed by atoms with Crippen LogP contribution in [0.5, 0.6) is 0 Å². The third-order valence-electron chi connectivity index (χ3n) is 2.93. The SMILES string of the molecule is Cn1ncc(Cl)c1C(O)C1CCS(=O)(=O)C1. The minimum atomic E-state index is -2.99. The lowest BCUT2D eigenvalue weighted by atomic mass is 9.99. The Bertz CT molecular complexity index is 477. The Balaban J connectivity index is 2.24. The van der Waals surface area contributed by atoms with Gasteiger partial charge in [-0.3, -0.25) is 4.68 Å². The fraction of sp³-hybridized carbons (Fsp3) is 0.667. The number of rotatable bonds is 2. The molecule has 2 heterocycles. The number of aryl methyl sites for hydroxylation is 1. The monoisotopic (exact) mass is 264 g/mol. The van der Waals surface area contributed by atoms with Crippen LogP contribution in [0.2, 0.25) is 5.02 Å². The summed E-state index contributed by atoms with van der Waals surface area (Å²) in [6.45, 7) is 0. The Morgan fingerprint density at radius 3 is 2.81 bits per heavy atom. The van der Waals surface area contributed by atoms with Gasteiger partial charge in [0.15, 0.2) is 9.84 Å². The van der Waals surface area contributed by atoms with E-state index in [4.69, 9.17) is 11.6 Å². The first-order valence-corrected chi connectivity index (χ1v) is 7.16. The maximum atomic E-state index is 11.3. The molecular formula is C9H13ClN2O3S. The summed E-state index contributed by atoms with van der Waals surface area (Å²) < 4.78 is 24.1. The van der Waals surface area contributed by atoms with Crippen molar-refractivity contribution in [3.63, 3.8) is 0 Å². The highest BCUT2D eigenvalue weighted by Crippen LogP contribution is 2.34. The molecule has 2 unspecified atom stereocenters. The van der Waals surface area contributed by atoms with Gasteiger partial charge in [-0.2, -0.15) is 5.10 Å². The number of halogens is 1. The molecule has 0 saturated carbocycles. The number of hydrogen-bond donors (Lipinski definition) is 1. The van der Waals surface area contributed by atoms with Crippen molar-refractivity contribution in [2.45, 2.75) is 12.5 Å². The fourth-order valence-corrected chi connectivity index (χ4v) is 4.16. The van der Waals surface area contributed by atoms with Crippen LogP contribution in [0.15, 0.2) is 6.20 Å². The van der Waals surface area contributed by atoms with Crippen LogP contribution in [-0.4, -0.2) is 34.8 Å². The molecule has 16 heavy (non-hydrogen) atoms. The minimum Gasteiger partial charge on any atom is -0.386 e. The molecule has 2 rings (SSSR count). The van der Waals surface area contributed by atoms with Crippen molar-refractivity contribution >= 4 is 21.4 Å². The summed E-state index contributed by atoms with van der Waals surface area (Å²) in [6, 6.07) is 0. The molecule has 1 aromatic heterocycles. The zero-order valence-electron chi connectivity index (χ0n) is 8.80. The van der Waals surface area contributed by atoms with Crippen molar-refractivity contribution in [3.05, 3.63) is 16.9 Å². The van der Waals surface area contributed by atoms with Crippen molar-refractivity contribution in [2.24, 2.45) is 13.0 Å². The van der Waals surface area contributed by atoms with Crippen LogP contribution >= 0.6 is 11.6 Å². The van der Waals surface area contributed by atoms with E-state index in [2.05, 4.69) is 5.10 Å². The van der Waals surface area contributed by atoms with Crippen LogP contribution in [-0.2, 0) is 16.9 Å². The van der Waals surface area contributed by atoms with Crippen LogP contribution in [0.1, 0.15) is 18.2 Å². The van der Waals surface area contributed by atoms with Gasteiger partial charge in [-0.15, -0.1) is 0 Å². The zero-order chi connectivity index (χ0) is 11.9. The lowest BCUT2D eigenvalue weighted by Crippen LogP contribution is -2.17. The van der Waals surface area contributed by atoms with Gasteiger partial charge < -0.3 is 5.11 Å². The standard InChI is InChI=1S/C9H13ClN2O3S/c1-12-8(7(10)4-11-12)9(13)6-2-3-16(14,15)5-6/h4,6,9,13H,2-3,5H2,1H3. The predicted molar refractivity (Wildman–Crippen MR) is 59.9 cm³/mol. The summed E-state index contributed by atoms with van der Waals surface area (Å²) in [5.41, 5.74) is 0.490. The van der Waals surface area contributed by atoms with Crippen LogP contribution in [0.4, 0.5) is 0 Å². The third kappa shape index (κ3) is 2.09. The maximum absolute atomic E-state index is 11.3. The number of aliphatic hydroxyl groups is 1. The smallest absolute Gasteiger partial charge is 0.150 e. The maximum Gasteiger partial charge on any atom is 0.150 e. The summed E-state index contributed by atoms with van der Waals surface area (Å²) in [4.78, 5) is 0. The van der Waals surface area contributed by atoms with E-state index in [1.54, 1.807) is 7.05 Å². The fourth-order valence-electron chi connectivity index (χ4n) is 2.05. The van der Waals surface area contributed by atoms with E-state index >= 15 is 0 Å². The zero-order valence-corrected chi connectivity index (χ0v) is 10.4. The molecule has 1 aliphatic heterocycles. The summed E-state index contributed by atoms with van der Waals surface area (Å²) in [5.74, 6) is -0.113. The van der Waals surface area contributed by atoms with E-state index in [1.165, 1.54) is 10.9 Å². The quantitative estimate of drug-likeness (QED) is 0.846. The second-order valence-corrected chi connectivity index (χ2v) is 6.75. The molecular weight excluding hydrogens is 252 g/mol. The Labute approximate surface area is 98.9 Å². The molecule has 0 radical (unpaired) electrons. The average molecular weight is 265 g/mol. The molecule has 90 valence electrons. The molecule has 1 N–H and O–H groups in total. The van der Waals surface area contributed by atoms with Gasteiger partial charge >= 0.3 is 0 Å². The number of aliphatic hydroxyl groups excluding tert-OH is 1. The number of aromatic nitrogens is 2. The van der Waals surface area contributed by atoms with Gasteiger partial charge in [0.05, 0.1) is 28.4 Å². The van der Waals surface area contributed by atoms with Gasteiger partial charge in [-0.1, -0.05) is 11.6 Å². The molecule has 5 nitrogen and oxygen atoms in total. The highest BCUT2D eigenvalue weighted by atomic mass is 35.5. The summed E-state index contributed by atoms with van der Waals surface area (Å²) >= 11 is 5.90. The predicted octanol–water partition coefficient (Wildman–Crippen LogP) is 0.542. The lowest BCUT2D eigenvalue weighted by molar-refractivity contribution is 0.112. The van der Waals surface area contributed by atoms with E-state index < -0.39 is 15.9 Å². The molecule has 0 aromatic carbocycles. The first-order chi connectivity index (χ1) is 7.41. The van der Waals surface area contributed by atoms with Crippen LogP contribution in [0.3, 0.4) is 0 Å².